The molecule has 2 aromatic rings. The van der Waals surface area contributed by atoms with Crippen molar-refractivity contribution in [2.24, 2.45) is 0 Å². The predicted molar refractivity (Wildman–Crippen MR) is 83.2 cm³/mol. The van der Waals surface area contributed by atoms with E-state index in [4.69, 9.17) is 4.74 Å². The maximum atomic E-state index is 12.1. The van der Waals surface area contributed by atoms with Gasteiger partial charge in [-0.15, -0.1) is 0 Å². The third-order valence-corrected chi connectivity index (χ3v) is 5.25. The van der Waals surface area contributed by atoms with Crippen molar-refractivity contribution in [3.63, 3.8) is 0 Å². The van der Waals surface area contributed by atoms with Crippen molar-refractivity contribution in [1.29, 1.82) is 0 Å². The van der Waals surface area contributed by atoms with Crippen LogP contribution in [0.1, 0.15) is 17.0 Å². The number of rotatable bonds is 3. The highest BCUT2D eigenvalue weighted by Gasteiger charge is 2.27. The van der Waals surface area contributed by atoms with Crippen molar-refractivity contribution in [1.82, 2.24) is 14.1 Å². The zero-order valence-electron chi connectivity index (χ0n) is 12.7. The monoisotopic (exact) mass is 321 g/mol. The maximum Gasteiger partial charge on any atom is 0.238 e. The number of aryl methyl sites for hydroxylation is 2. The van der Waals surface area contributed by atoms with Crippen LogP contribution in [0.25, 0.3) is 5.69 Å². The predicted octanol–water partition coefficient (Wildman–Crippen LogP) is 1.61. The number of aromatic nitrogens is 2. The molecule has 1 aromatic heterocycles. The fraction of sp³-hybridized carbons (Fsp3) is 0.400. The van der Waals surface area contributed by atoms with Crippen LogP contribution in [0.2, 0.25) is 0 Å². The molecule has 1 aliphatic rings. The van der Waals surface area contributed by atoms with Crippen molar-refractivity contribution in [2.75, 3.05) is 19.1 Å². The molecule has 1 saturated heterocycles. The smallest absolute Gasteiger partial charge is 0.238 e. The van der Waals surface area contributed by atoms with Crippen LogP contribution >= 0.6 is 0 Å². The molecule has 0 bridgehead atoms. The summed E-state index contributed by atoms with van der Waals surface area (Å²) < 4.78 is 32.5. The maximum absolute atomic E-state index is 12.1. The quantitative estimate of drug-likeness (QED) is 0.861. The number of hydrogen-bond acceptors (Lipinski definition) is 4. The molecule has 1 fully saturated rings. The fourth-order valence-corrected chi connectivity index (χ4v) is 3.80. The zero-order valence-corrected chi connectivity index (χ0v) is 13.5. The standard InChI is InChI=1S/C15H19N3O3S/c1-12-9-13(2)18(16-12)15-6-4-3-5-14(15)10-17-7-8-21-11-22(17,19)20/h3-6,9H,7-8,10-11H2,1-2H3. The fourth-order valence-electron chi connectivity index (χ4n) is 2.64. The molecule has 2 heterocycles. The third-order valence-electron chi connectivity index (χ3n) is 3.69. The summed E-state index contributed by atoms with van der Waals surface area (Å²) in [4.78, 5) is 0. The van der Waals surface area contributed by atoms with E-state index >= 15 is 0 Å². The van der Waals surface area contributed by atoms with Gasteiger partial charge in [-0.3, -0.25) is 0 Å². The van der Waals surface area contributed by atoms with Gasteiger partial charge in [-0.05, 0) is 31.5 Å². The second-order valence-electron chi connectivity index (χ2n) is 5.44. The molecule has 0 aliphatic carbocycles. The second kappa shape index (κ2) is 5.83. The Bertz CT molecular complexity index is 783. The minimum atomic E-state index is -3.34. The molecule has 0 amide bonds. The van der Waals surface area contributed by atoms with Crippen LogP contribution in [0.5, 0.6) is 0 Å². The Hall–Kier alpha value is -1.70. The van der Waals surface area contributed by atoms with Gasteiger partial charge in [0, 0.05) is 18.8 Å². The molecule has 0 atom stereocenters. The van der Waals surface area contributed by atoms with E-state index in [-0.39, 0.29) is 5.94 Å². The molecule has 0 radical (unpaired) electrons. The summed E-state index contributed by atoms with van der Waals surface area (Å²) >= 11 is 0. The van der Waals surface area contributed by atoms with Gasteiger partial charge in [-0.1, -0.05) is 18.2 Å². The minimum absolute atomic E-state index is 0.241. The molecular formula is C15H19N3O3S. The Morgan fingerprint density at radius 2 is 2.05 bits per heavy atom. The van der Waals surface area contributed by atoms with Gasteiger partial charge >= 0.3 is 0 Å². The van der Waals surface area contributed by atoms with Crippen LogP contribution in [-0.4, -0.2) is 41.6 Å². The molecule has 1 aliphatic heterocycles. The largest absolute Gasteiger partial charge is 0.363 e. The van der Waals surface area contributed by atoms with Crippen LogP contribution in [0.15, 0.2) is 30.3 Å². The number of ether oxygens (including phenoxy) is 1. The van der Waals surface area contributed by atoms with Gasteiger partial charge in [0.05, 0.1) is 18.0 Å². The van der Waals surface area contributed by atoms with Crippen molar-refractivity contribution in [2.45, 2.75) is 20.4 Å². The summed E-state index contributed by atoms with van der Waals surface area (Å²) in [6.07, 6.45) is 0. The van der Waals surface area contributed by atoms with E-state index in [9.17, 15) is 8.42 Å². The number of nitrogens with zero attached hydrogens (tertiary/aromatic N) is 3. The van der Waals surface area contributed by atoms with Gasteiger partial charge in [-0.2, -0.15) is 9.40 Å². The van der Waals surface area contributed by atoms with Gasteiger partial charge in [0.2, 0.25) is 10.0 Å². The number of hydrogen-bond donors (Lipinski definition) is 0. The van der Waals surface area contributed by atoms with Crippen molar-refractivity contribution in [3.05, 3.63) is 47.3 Å². The SMILES string of the molecule is Cc1cc(C)n(-c2ccccc2CN2CCOCS2(=O)=O)n1. The highest BCUT2D eigenvalue weighted by atomic mass is 32.2. The average Bonchev–Trinajstić information content (AvgIpc) is 2.80. The lowest BCUT2D eigenvalue weighted by atomic mass is 10.1. The Labute approximate surface area is 130 Å². The molecule has 0 N–H and O–H groups in total. The first-order chi connectivity index (χ1) is 10.5. The first-order valence-electron chi connectivity index (χ1n) is 7.14. The molecule has 3 rings (SSSR count). The van der Waals surface area contributed by atoms with Gasteiger partial charge in [-0.25, -0.2) is 13.1 Å². The summed E-state index contributed by atoms with van der Waals surface area (Å²) in [7, 11) is -3.34. The van der Waals surface area contributed by atoms with Gasteiger partial charge in [0.15, 0.2) is 5.94 Å². The number of benzene rings is 1. The second-order valence-corrected chi connectivity index (χ2v) is 7.36. The highest BCUT2D eigenvalue weighted by Crippen LogP contribution is 2.21. The van der Waals surface area contributed by atoms with Gasteiger partial charge in [0.25, 0.3) is 0 Å². The third kappa shape index (κ3) is 2.92. The van der Waals surface area contributed by atoms with E-state index in [1.807, 2.05) is 48.9 Å². The Morgan fingerprint density at radius 3 is 2.73 bits per heavy atom. The van der Waals surface area contributed by atoms with Crippen molar-refractivity contribution < 1.29 is 13.2 Å². The summed E-state index contributed by atoms with van der Waals surface area (Å²) in [6.45, 7) is 5.08. The van der Waals surface area contributed by atoms with E-state index in [1.165, 1.54) is 4.31 Å². The average molecular weight is 321 g/mol. The number of para-hydroxylation sites is 1. The highest BCUT2D eigenvalue weighted by molar-refractivity contribution is 7.88. The first kappa shape index (κ1) is 15.2. The van der Waals surface area contributed by atoms with Crippen LogP contribution in [0, 0.1) is 13.8 Å². The van der Waals surface area contributed by atoms with Gasteiger partial charge in [0.1, 0.15) is 0 Å². The molecule has 0 spiro atoms. The van der Waals surface area contributed by atoms with Crippen LogP contribution < -0.4 is 0 Å². The van der Waals surface area contributed by atoms with E-state index in [1.54, 1.807) is 0 Å². The number of sulfonamides is 1. The summed E-state index contributed by atoms with van der Waals surface area (Å²) in [6, 6.07) is 9.75. The van der Waals surface area contributed by atoms with Gasteiger partial charge < -0.3 is 4.74 Å². The molecular weight excluding hydrogens is 302 g/mol. The van der Waals surface area contributed by atoms with E-state index < -0.39 is 10.0 Å². The van der Waals surface area contributed by atoms with E-state index in [0.29, 0.717) is 19.7 Å². The lowest BCUT2D eigenvalue weighted by molar-refractivity contribution is 0.130. The molecule has 0 unspecified atom stereocenters. The Balaban J connectivity index is 1.97. The van der Waals surface area contributed by atoms with Crippen LogP contribution in [0.3, 0.4) is 0 Å². The Kier molecular flexibility index (Phi) is 4.03. The molecule has 118 valence electrons. The lowest BCUT2D eigenvalue weighted by Crippen LogP contribution is -2.40. The molecule has 6 nitrogen and oxygen atoms in total. The van der Waals surface area contributed by atoms with Crippen molar-refractivity contribution >= 4 is 10.0 Å². The summed E-state index contributed by atoms with van der Waals surface area (Å²) in [5.74, 6) is -0.241. The molecule has 7 heteroatoms. The molecule has 0 saturated carbocycles. The minimum Gasteiger partial charge on any atom is -0.363 e. The Morgan fingerprint density at radius 1 is 1.27 bits per heavy atom. The molecule has 1 aromatic carbocycles. The van der Waals surface area contributed by atoms with E-state index in [0.717, 1.165) is 22.6 Å². The van der Waals surface area contributed by atoms with Crippen LogP contribution in [0.4, 0.5) is 0 Å². The zero-order chi connectivity index (χ0) is 15.7. The topological polar surface area (TPSA) is 64.4 Å². The van der Waals surface area contributed by atoms with Crippen molar-refractivity contribution in [3.8, 4) is 5.69 Å². The lowest BCUT2D eigenvalue weighted by Gasteiger charge is -2.27. The molecule has 22 heavy (non-hydrogen) atoms. The summed E-state index contributed by atoms with van der Waals surface area (Å²) in [5, 5.41) is 4.49. The summed E-state index contributed by atoms with van der Waals surface area (Å²) in [5.41, 5.74) is 3.80. The first-order valence-corrected chi connectivity index (χ1v) is 8.75. The normalized spacial score (nSPS) is 18.5. The van der Waals surface area contributed by atoms with Crippen LogP contribution in [-0.2, 0) is 21.3 Å². The van der Waals surface area contributed by atoms with E-state index in [2.05, 4.69) is 5.10 Å².